The van der Waals surface area contributed by atoms with Gasteiger partial charge >= 0.3 is 0 Å². The second-order valence-electron chi connectivity index (χ2n) is 4.47. The maximum Gasteiger partial charge on any atom is 0.269 e. The summed E-state index contributed by atoms with van der Waals surface area (Å²) in [5.74, 6) is -0.740. The van der Waals surface area contributed by atoms with Gasteiger partial charge in [-0.15, -0.1) is 0 Å². The molecule has 0 radical (unpaired) electrons. The highest BCUT2D eigenvalue weighted by Gasteiger charge is 2.21. The second kappa shape index (κ2) is 5.40. The van der Waals surface area contributed by atoms with Gasteiger partial charge in [-0.25, -0.2) is 4.98 Å². The topological polar surface area (TPSA) is 108 Å². The van der Waals surface area contributed by atoms with Crippen molar-refractivity contribution in [2.45, 2.75) is 0 Å². The van der Waals surface area contributed by atoms with Gasteiger partial charge in [-0.3, -0.25) is 14.8 Å². The molecule has 0 aliphatic carbocycles. The first kappa shape index (κ1) is 14.5. The van der Waals surface area contributed by atoms with Crippen molar-refractivity contribution in [1.82, 2.24) is 15.0 Å². The van der Waals surface area contributed by atoms with Crippen molar-refractivity contribution in [3.05, 3.63) is 46.5 Å². The number of carbonyl (C=O) groups is 1. The standard InChI is InChI=1S/C14H9Cl2N5O/c15-7-5-19-4-6(10(7)16)9-11(17)13(14(18)22)21-8-2-1-3-20-12(8)9/h1-5H,17H2,(H2,18,22). The molecule has 0 aliphatic heterocycles. The highest BCUT2D eigenvalue weighted by molar-refractivity contribution is 6.44. The maximum absolute atomic E-state index is 11.6. The molecule has 1 amide bonds. The molecular formula is C14H9Cl2N5O. The SMILES string of the molecule is NC(=O)c1nc2cccnc2c(-c2cncc(Cl)c2Cl)c1N. The van der Waals surface area contributed by atoms with Crippen LogP contribution in [0.5, 0.6) is 0 Å². The number of anilines is 1. The molecular weight excluding hydrogens is 325 g/mol. The van der Waals surface area contributed by atoms with Gasteiger partial charge in [0.25, 0.3) is 5.91 Å². The average Bonchev–Trinajstić information content (AvgIpc) is 2.50. The molecule has 6 nitrogen and oxygen atoms in total. The van der Waals surface area contributed by atoms with Gasteiger partial charge in [0, 0.05) is 29.7 Å². The quantitative estimate of drug-likeness (QED) is 0.749. The fourth-order valence-corrected chi connectivity index (χ4v) is 2.51. The fourth-order valence-electron chi connectivity index (χ4n) is 2.16. The van der Waals surface area contributed by atoms with Crippen LogP contribution < -0.4 is 11.5 Å². The Morgan fingerprint density at radius 2 is 2.00 bits per heavy atom. The van der Waals surface area contributed by atoms with Crippen LogP contribution in [0.1, 0.15) is 10.5 Å². The minimum atomic E-state index is -0.740. The Hall–Kier alpha value is -2.44. The van der Waals surface area contributed by atoms with Gasteiger partial charge < -0.3 is 11.5 Å². The third-order valence-electron chi connectivity index (χ3n) is 3.12. The molecule has 3 heterocycles. The van der Waals surface area contributed by atoms with E-state index in [4.69, 9.17) is 34.7 Å². The molecule has 0 atom stereocenters. The highest BCUT2D eigenvalue weighted by Crippen LogP contribution is 2.39. The minimum Gasteiger partial charge on any atom is -0.396 e. The fraction of sp³-hybridized carbons (Fsp3) is 0. The molecule has 4 N–H and O–H groups in total. The predicted molar refractivity (Wildman–Crippen MR) is 85.7 cm³/mol. The first-order valence-corrected chi connectivity index (χ1v) is 6.89. The van der Waals surface area contributed by atoms with E-state index in [0.717, 1.165) is 0 Å². The average molecular weight is 334 g/mol. The number of nitrogen functional groups attached to an aromatic ring is 1. The van der Waals surface area contributed by atoms with Crippen LogP contribution in [0.2, 0.25) is 10.0 Å². The summed E-state index contributed by atoms with van der Waals surface area (Å²) in [5.41, 5.74) is 13.3. The Labute approximate surface area is 135 Å². The predicted octanol–water partition coefficient (Wildman–Crippen LogP) is 2.68. The molecule has 22 heavy (non-hydrogen) atoms. The molecule has 8 heteroatoms. The van der Waals surface area contributed by atoms with Gasteiger partial charge in [0.05, 0.1) is 26.8 Å². The van der Waals surface area contributed by atoms with E-state index < -0.39 is 5.91 Å². The number of amides is 1. The molecule has 3 aromatic rings. The lowest BCUT2D eigenvalue weighted by Gasteiger charge is -2.13. The van der Waals surface area contributed by atoms with Crippen molar-refractivity contribution in [3.63, 3.8) is 0 Å². The van der Waals surface area contributed by atoms with Crippen LogP contribution in [-0.4, -0.2) is 20.9 Å². The first-order chi connectivity index (χ1) is 10.5. The summed E-state index contributed by atoms with van der Waals surface area (Å²) >= 11 is 12.2. The zero-order valence-corrected chi connectivity index (χ0v) is 12.6. The smallest absolute Gasteiger partial charge is 0.269 e. The number of nitrogens with zero attached hydrogens (tertiary/aromatic N) is 3. The molecule has 0 saturated carbocycles. The number of primary amides is 1. The van der Waals surface area contributed by atoms with Crippen LogP contribution in [0.15, 0.2) is 30.7 Å². The molecule has 0 fully saturated rings. The van der Waals surface area contributed by atoms with Crippen molar-refractivity contribution < 1.29 is 4.79 Å². The van der Waals surface area contributed by atoms with Crippen LogP contribution in [0.25, 0.3) is 22.2 Å². The maximum atomic E-state index is 11.6. The molecule has 0 unspecified atom stereocenters. The van der Waals surface area contributed by atoms with Crippen LogP contribution in [-0.2, 0) is 0 Å². The van der Waals surface area contributed by atoms with E-state index in [1.165, 1.54) is 12.4 Å². The van der Waals surface area contributed by atoms with E-state index in [0.29, 0.717) is 22.2 Å². The van der Waals surface area contributed by atoms with E-state index in [9.17, 15) is 4.79 Å². The molecule has 0 aliphatic rings. The van der Waals surface area contributed by atoms with Crippen LogP contribution in [0.4, 0.5) is 5.69 Å². The minimum absolute atomic E-state index is 0.0495. The number of fused-ring (bicyclic) bond motifs is 1. The van der Waals surface area contributed by atoms with Crippen molar-refractivity contribution in [2.75, 3.05) is 5.73 Å². The Kier molecular flexibility index (Phi) is 3.56. The molecule has 3 aromatic heterocycles. The molecule has 0 bridgehead atoms. The monoisotopic (exact) mass is 333 g/mol. The Balaban J connectivity index is 2.49. The summed E-state index contributed by atoms with van der Waals surface area (Å²) in [4.78, 5) is 24.0. The zero-order chi connectivity index (χ0) is 15.9. The summed E-state index contributed by atoms with van der Waals surface area (Å²) in [6, 6.07) is 3.39. The number of hydrogen-bond acceptors (Lipinski definition) is 5. The lowest BCUT2D eigenvalue weighted by Crippen LogP contribution is -2.16. The summed E-state index contributed by atoms with van der Waals surface area (Å²) in [7, 11) is 0. The molecule has 0 aromatic carbocycles. The van der Waals surface area contributed by atoms with Crippen molar-refractivity contribution in [3.8, 4) is 11.1 Å². The Morgan fingerprint density at radius 3 is 2.73 bits per heavy atom. The van der Waals surface area contributed by atoms with Gasteiger partial charge in [0.15, 0.2) is 5.69 Å². The zero-order valence-electron chi connectivity index (χ0n) is 11.0. The molecule has 0 saturated heterocycles. The lowest BCUT2D eigenvalue weighted by atomic mass is 10.0. The van der Waals surface area contributed by atoms with Crippen molar-refractivity contribution in [2.24, 2.45) is 5.73 Å². The number of rotatable bonds is 2. The number of aromatic nitrogens is 3. The van der Waals surface area contributed by atoms with Gasteiger partial charge in [0.1, 0.15) is 0 Å². The number of nitrogens with two attached hydrogens (primary N) is 2. The first-order valence-electron chi connectivity index (χ1n) is 6.14. The molecule has 0 spiro atoms. The number of pyridine rings is 3. The van der Waals surface area contributed by atoms with Crippen LogP contribution in [0, 0.1) is 0 Å². The van der Waals surface area contributed by atoms with Gasteiger partial charge in [0.2, 0.25) is 0 Å². The van der Waals surface area contributed by atoms with Crippen molar-refractivity contribution in [1.29, 1.82) is 0 Å². The lowest BCUT2D eigenvalue weighted by molar-refractivity contribution is 0.0997. The number of hydrogen-bond donors (Lipinski definition) is 2. The molecule has 110 valence electrons. The van der Waals surface area contributed by atoms with Gasteiger partial charge in [-0.05, 0) is 12.1 Å². The third-order valence-corrected chi connectivity index (χ3v) is 3.91. The Bertz CT molecular complexity index is 913. The van der Waals surface area contributed by atoms with Gasteiger partial charge in [-0.2, -0.15) is 0 Å². The third kappa shape index (κ3) is 2.22. The summed E-state index contributed by atoms with van der Waals surface area (Å²) in [6.07, 6.45) is 4.50. The second-order valence-corrected chi connectivity index (χ2v) is 5.25. The highest BCUT2D eigenvalue weighted by atomic mass is 35.5. The largest absolute Gasteiger partial charge is 0.396 e. The van der Waals surface area contributed by atoms with E-state index in [1.807, 2.05) is 0 Å². The van der Waals surface area contributed by atoms with Crippen LogP contribution >= 0.6 is 23.2 Å². The summed E-state index contributed by atoms with van der Waals surface area (Å²) in [6.45, 7) is 0. The van der Waals surface area contributed by atoms with Crippen molar-refractivity contribution >= 4 is 45.8 Å². The normalized spacial score (nSPS) is 10.8. The number of halogens is 2. The van der Waals surface area contributed by atoms with E-state index in [-0.39, 0.29) is 21.4 Å². The van der Waals surface area contributed by atoms with Gasteiger partial charge in [-0.1, -0.05) is 23.2 Å². The Morgan fingerprint density at radius 1 is 1.23 bits per heavy atom. The van der Waals surface area contributed by atoms with E-state index in [1.54, 1.807) is 18.3 Å². The van der Waals surface area contributed by atoms with E-state index in [2.05, 4.69) is 15.0 Å². The van der Waals surface area contributed by atoms with E-state index >= 15 is 0 Å². The number of carbonyl (C=O) groups excluding carboxylic acids is 1. The summed E-state index contributed by atoms with van der Waals surface area (Å²) < 4.78 is 0. The summed E-state index contributed by atoms with van der Waals surface area (Å²) in [5, 5.41) is 0.525. The van der Waals surface area contributed by atoms with Crippen LogP contribution in [0.3, 0.4) is 0 Å². The molecule has 3 rings (SSSR count).